The number of nitrogens with one attached hydrogen (secondary N) is 1. The van der Waals surface area contributed by atoms with Gasteiger partial charge in [-0.05, 0) is 37.4 Å². The van der Waals surface area contributed by atoms with Gasteiger partial charge in [-0.3, -0.25) is 4.79 Å². The van der Waals surface area contributed by atoms with Crippen LogP contribution in [0.15, 0.2) is 47.5 Å². The number of carbonyl (C=O) groups excluding carboxylic acids is 2. The lowest BCUT2D eigenvalue weighted by molar-refractivity contribution is -0.123. The third-order valence-electron chi connectivity index (χ3n) is 3.00. The van der Waals surface area contributed by atoms with Gasteiger partial charge in [0.15, 0.2) is 11.3 Å². The van der Waals surface area contributed by atoms with Crippen molar-refractivity contribution in [2.45, 2.75) is 17.9 Å². The van der Waals surface area contributed by atoms with E-state index in [1.165, 1.54) is 24.9 Å². The molecule has 120 valence electrons. The van der Waals surface area contributed by atoms with E-state index in [0.29, 0.717) is 11.3 Å². The van der Waals surface area contributed by atoms with Crippen molar-refractivity contribution in [1.82, 2.24) is 4.98 Å². The summed E-state index contributed by atoms with van der Waals surface area (Å²) in [5.41, 5.74) is 0.797. The van der Waals surface area contributed by atoms with Crippen LogP contribution in [0.2, 0.25) is 5.15 Å². The molecule has 1 aromatic heterocycles. The number of thioether (sulfide) groups is 1. The number of ether oxygens (including phenoxy) is 1. The fraction of sp³-hybridized carbons (Fsp3) is 0.188. The fourth-order valence-corrected chi connectivity index (χ4v) is 2.56. The van der Waals surface area contributed by atoms with Crippen LogP contribution >= 0.6 is 23.4 Å². The molecule has 5 nitrogen and oxygen atoms in total. The Morgan fingerprint density at radius 1 is 1.26 bits per heavy atom. The van der Waals surface area contributed by atoms with Crippen molar-refractivity contribution >= 4 is 40.9 Å². The van der Waals surface area contributed by atoms with Crippen LogP contribution in [0.1, 0.15) is 17.3 Å². The molecule has 1 heterocycles. The molecule has 7 heteroatoms. The highest BCUT2D eigenvalue weighted by Gasteiger charge is 2.21. The van der Waals surface area contributed by atoms with Crippen LogP contribution in [0, 0.1) is 0 Å². The summed E-state index contributed by atoms with van der Waals surface area (Å²) < 4.78 is 5.22. The summed E-state index contributed by atoms with van der Waals surface area (Å²) in [6.45, 7) is 1.50. The van der Waals surface area contributed by atoms with Gasteiger partial charge in [0.05, 0.1) is 11.3 Å². The summed E-state index contributed by atoms with van der Waals surface area (Å²) in [4.78, 5) is 29.0. The summed E-state index contributed by atoms with van der Waals surface area (Å²) in [6.07, 6.45) is 2.42. The Morgan fingerprint density at radius 2 is 2.00 bits per heavy atom. The number of carbonyl (C=O) groups is 2. The van der Waals surface area contributed by atoms with E-state index in [1.54, 1.807) is 24.3 Å². The number of hydrogen-bond donors (Lipinski definition) is 1. The van der Waals surface area contributed by atoms with Crippen molar-refractivity contribution < 1.29 is 14.3 Å². The first-order chi connectivity index (χ1) is 11.0. The summed E-state index contributed by atoms with van der Waals surface area (Å²) in [7, 11) is 0. The van der Waals surface area contributed by atoms with E-state index in [4.69, 9.17) is 16.3 Å². The number of rotatable bonds is 5. The summed E-state index contributed by atoms with van der Waals surface area (Å²) in [5.74, 6) is -1.02. The predicted molar refractivity (Wildman–Crippen MR) is 91.0 cm³/mol. The first kappa shape index (κ1) is 17.3. The molecule has 0 aliphatic rings. The molecular weight excluding hydrogens is 336 g/mol. The van der Waals surface area contributed by atoms with Crippen molar-refractivity contribution in [3.63, 3.8) is 0 Å². The van der Waals surface area contributed by atoms with Gasteiger partial charge in [0.2, 0.25) is 0 Å². The number of nitrogens with zero attached hydrogens (tertiary/aromatic N) is 1. The molecule has 0 spiro atoms. The van der Waals surface area contributed by atoms with Gasteiger partial charge in [-0.1, -0.05) is 23.7 Å². The highest BCUT2D eigenvalue weighted by atomic mass is 35.5. The molecule has 0 saturated heterocycles. The van der Waals surface area contributed by atoms with Gasteiger partial charge in [0.1, 0.15) is 0 Å². The minimum absolute atomic E-state index is 0.173. The first-order valence-electron chi connectivity index (χ1n) is 6.78. The number of anilines is 1. The number of aromatic nitrogens is 1. The Balaban J connectivity index is 2.03. The average molecular weight is 351 g/mol. The molecule has 1 atom stereocenters. The number of amides is 1. The number of halogens is 1. The van der Waals surface area contributed by atoms with Crippen LogP contribution < -0.4 is 5.32 Å². The van der Waals surface area contributed by atoms with Gasteiger partial charge >= 0.3 is 5.97 Å². The molecule has 0 saturated carbocycles. The van der Waals surface area contributed by atoms with E-state index < -0.39 is 18.0 Å². The Bertz CT molecular complexity index is 724. The van der Waals surface area contributed by atoms with Crippen LogP contribution in [0.25, 0.3) is 0 Å². The number of hydrogen-bond acceptors (Lipinski definition) is 5. The van der Waals surface area contributed by atoms with E-state index in [-0.39, 0.29) is 5.15 Å². The van der Waals surface area contributed by atoms with Crippen LogP contribution in [0.3, 0.4) is 0 Å². The largest absolute Gasteiger partial charge is 0.449 e. The average Bonchev–Trinajstić information content (AvgIpc) is 2.56. The van der Waals surface area contributed by atoms with Crippen LogP contribution in [0.4, 0.5) is 5.69 Å². The second-order valence-electron chi connectivity index (χ2n) is 4.58. The van der Waals surface area contributed by atoms with E-state index in [0.717, 1.165) is 4.90 Å². The Kier molecular flexibility index (Phi) is 6.01. The third kappa shape index (κ3) is 4.46. The monoisotopic (exact) mass is 350 g/mol. The zero-order chi connectivity index (χ0) is 16.8. The van der Waals surface area contributed by atoms with E-state index in [2.05, 4.69) is 10.3 Å². The topological polar surface area (TPSA) is 68.3 Å². The maximum Gasteiger partial charge on any atom is 0.340 e. The van der Waals surface area contributed by atoms with Crippen molar-refractivity contribution in [2.75, 3.05) is 11.6 Å². The van der Waals surface area contributed by atoms with Gasteiger partial charge in [-0.2, -0.15) is 0 Å². The SMILES string of the molecule is CSc1ccccc1C(=O)OC(C)C(=O)Nc1cccnc1Cl. The van der Waals surface area contributed by atoms with Crippen molar-refractivity contribution in [2.24, 2.45) is 0 Å². The molecular formula is C16H15ClN2O3S. The minimum Gasteiger partial charge on any atom is -0.449 e. The second kappa shape index (κ2) is 7.99. The molecule has 1 N–H and O–H groups in total. The molecule has 0 radical (unpaired) electrons. The first-order valence-corrected chi connectivity index (χ1v) is 8.38. The maximum atomic E-state index is 12.2. The molecule has 0 aliphatic carbocycles. The number of esters is 1. The van der Waals surface area contributed by atoms with Crippen LogP contribution in [0.5, 0.6) is 0 Å². The summed E-state index contributed by atoms with van der Waals surface area (Å²) >= 11 is 7.31. The lowest BCUT2D eigenvalue weighted by Crippen LogP contribution is -2.30. The lowest BCUT2D eigenvalue weighted by atomic mass is 10.2. The number of pyridine rings is 1. The van der Waals surface area contributed by atoms with Crippen molar-refractivity contribution in [1.29, 1.82) is 0 Å². The third-order valence-corrected chi connectivity index (χ3v) is 4.09. The Morgan fingerprint density at radius 3 is 2.70 bits per heavy atom. The normalized spacial score (nSPS) is 11.6. The van der Waals surface area contributed by atoms with Crippen LogP contribution in [-0.4, -0.2) is 29.2 Å². The zero-order valence-electron chi connectivity index (χ0n) is 12.6. The smallest absolute Gasteiger partial charge is 0.340 e. The fourth-order valence-electron chi connectivity index (χ4n) is 1.80. The molecule has 0 fully saturated rings. The molecule has 1 amide bonds. The van der Waals surface area contributed by atoms with Gasteiger partial charge in [-0.15, -0.1) is 11.8 Å². The Hall–Kier alpha value is -2.05. The van der Waals surface area contributed by atoms with E-state index >= 15 is 0 Å². The molecule has 1 unspecified atom stereocenters. The van der Waals surface area contributed by atoms with E-state index in [9.17, 15) is 9.59 Å². The second-order valence-corrected chi connectivity index (χ2v) is 5.78. The van der Waals surface area contributed by atoms with Gasteiger partial charge in [0.25, 0.3) is 5.91 Å². The minimum atomic E-state index is -0.964. The highest BCUT2D eigenvalue weighted by molar-refractivity contribution is 7.98. The van der Waals surface area contributed by atoms with Crippen molar-refractivity contribution in [3.05, 3.63) is 53.3 Å². The standard InChI is InChI=1S/C16H15ClN2O3S/c1-10(15(20)19-12-7-5-9-18-14(12)17)22-16(21)11-6-3-4-8-13(11)23-2/h3-10H,1-2H3,(H,19,20). The highest BCUT2D eigenvalue weighted by Crippen LogP contribution is 2.21. The quantitative estimate of drug-likeness (QED) is 0.506. The number of benzene rings is 1. The summed E-state index contributed by atoms with van der Waals surface area (Å²) in [6, 6.07) is 10.3. The summed E-state index contributed by atoms with van der Waals surface area (Å²) in [5, 5.41) is 2.75. The van der Waals surface area contributed by atoms with Gasteiger partial charge in [-0.25, -0.2) is 9.78 Å². The molecule has 23 heavy (non-hydrogen) atoms. The van der Waals surface area contributed by atoms with Crippen molar-refractivity contribution in [3.8, 4) is 0 Å². The zero-order valence-corrected chi connectivity index (χ0v) is 14.1. The van der Waals surface area contributed by atoms with Crippen LogP contribution in [-0.2, 0) is 9.53 Å². The van der Waals surface area contributed by atoms with Gasteiger partial charge < -0.3 is 10.1 Å². The lowest BCUT2D eigenvalue weighted by Gasteiger charge is -2.15. The Labute approximate surface area is 143 Å². The molecule has 2 aromatic rings. The van der Waals surface area contributed by atoms with E-state index in [1.807, 2.05) is 18.4 Å². The predicted octanol–water partition coefficient (Wildman–Crippen LogP) is 3.64. The maximum absolute atomic E-state index is 12.2. The van der Waals surface area contributed by atoms with Gasteiger partial charge in [0, 0.05) is 11.1 Å². The molecule has 0 bridgehead atoms. The molecule has 1 aromatic carbocycles. The molecule has 2 rings (SSSR count). The molecule has 0 aliphatic heterocycles.